The lowest BCUT2D eigenvalue weighted by Crippen LogP contribution is -2.46. The molecule has 0 fully saturated rings. The summed E-state index contributed by atoms with van der Waals surface area (Å²) in [4.78, 5) is 59.0. The number of aryl methyl sites for hydroxylation is 1. The van der Waals surface area contributed by atoms with Crippen molar-refractivity contribution in [3.8, 4) is 28.7 Å². The monoisotopic (exact) mass is 830 g/mol. The fourth-order valence-corrected chi connectivity index (χ4v) is 7.80. The van der Waals surface area contributed by atoms with Crippen LogP contribution in [0.1, 0.15) is 76.9 Å². The number of anilines is 1. The van der Waals surface area contributed by atoms with Gasteiger partial charge in [-0.25, -0.2) is 4.98 Å². The normalized spacial score (nSPS) is 28.0. The van der Waals surface area contributed by atoms with Crippen molar-refractivity contribution in [1.82, 2.24) is 4.98 Å². The second-order valence-electron chi connectivity index (χ2n) is 15.7. The number of hydrogen-bond acceptors (Lipinski definition) is 14. The zero-order valence-electron chi connectivity index (χ0n) is 35.6. The smallest absolute Gasteiger partial charge is 0.302 e. The molecule has 2 aromatic rings. The Morgan fingerprint density at radius 3 is 2.22 bits per heavy atom. The summed E-state index contributed by atoms with van der Waals surface area (Å²) in [5.41, 5.74) is -0.732. The predicted molar refractivity (Wildman–Crippen MR) is 224 cm³/mol. The molecule has 5 N–H and O–H groups in total. The number of aliphatic hydroxyl groups is 2. The molecular weight excluding hydrogens is 776 g/mol. The largest absolute Gasteiger partial charge is 0.507 e. The molecule has 0 spiro atoms. The second kappa shape index (κ2) is 18.2. The number of amides is 1. The SMILES string of the molecule is CO[C@H]1/C=C/O[C@@H](C)Oc2c(C)c(O)c3c(=O)c(c4oc5cc(C)cc(O)c5nc-4c3c2C(C)=O)NC(=O)/C(C)=C\C=C\[C@H](C)[C@H](O)[C@@H](C)[C@@H](O)[C@@H](C)[C@H](OC(C)=O)[C@@H]1C. The number of esters is 1. The van der Waals surface area contributed by atoms with Crippen LogP contribution >= 0.6 is 0 Å². The van der Waals surface area contributed by atoms with Crippen LogP contribution in [0.4, 0.5) is 5.69 Å². The molecular formula is C45H54N2O13. The minimum absolute atomic E-state index is 0.00878. The third-order valence-electron chi connectivity index (χ3n) is 11.2. The maximum absolute atomic E-state index is 14.5. The summed E-state index contributed by atoms with van der Waals surface area (Å²) in [5.74, 6) is -5.49. The first-order chi connectivity index (χ1) is 28.2. The molecule has 0 radical (unpaired) electrons. The van der Waals surface area contributed by atoms with E-state index < -0.39 is 83.2 Å². The molecule has 2 aromatic carbocycles. The van der Waals surface area contributed by atoms with E-state index in [1.165, 1.54) is 60.1 Å². The highest BCUT2D eigenvalue weighted by atomic mass is 16.7. The Morgan fingerprint density at radius 1 is 0.900 bits per heavy atom. The first kappa shape index (κ1) is 45.3. The Bertz CT molecular complexity index is 2430. The molecule has 60 heavy (non-hydrogen) atoms. The molecule has 4 bridgehead atoms. The number of allylic oxidation sites excluding steroid dienone is 2. The lowest BCUT2D eigenvalue weighted by molar-refractivity contribution is -0.160. The summed E-state index contributed by atoms with van der Waals surface area (Å²) in [5, 5.41) is 47.7. The van der Waals surface area contributed by atoms with Crippen molar-refractivity contribution in [3.05, 3.63) is 75.2 Å². The first-order valence-electron chi connectivity index (χ1n) is 19.7. The Hall–Kier alpha value is -5.77. The van der Waals surface area contributed by atoms with Gasteiger partial charge in [0.05, 0.1) is 35.5 Å². The number of methoxy groups -OCH3 is 1. The second-order valence-corrected chi connectivity index (χ2v) is 15.7. The average molecular weight is 831 g/mol. The molecule has 0 saturated heterocycles. The number of carbonyl (C=O) groups is 3. The lowest BCUT2D eigenvalue weighted by Gasteiger charge is -2.38. The molecule has 15 nitrogen and oxygen atoms in total. The van der Waals surface area contributed by atoms with Gasteiger partial charge in [-0.3, -0.25) is 19.2 Å². The number of nitrogens with one attached hydrogen (secondary N) is 1. The third-order valence-corrected chi connectivity index (χ3v) is 11.2. The number of carbonyl (C=O) groups excluding carboxylic acids is 3. The fraction of sp³-hybridized carbons (Fsp3) is 0.444. The zero-order chi connectivity index (χ0) is 44.5. The quantitative estimate of drug-likeness (QED) is 0.0635. The van der Waals surface area contributed by atoms with Gasteiger partial charge in [0, 0.05) is 61.2 Å². The summed E-state index contributed by atoms with van der Waals surface area (Å²) in [6, 6.07) is 3.04. The van der Waals surface area contributed by atoms with E-state index in [9.17, 15) is 39.6 Å². The summed E-state index contributed by atoms with van der Waals surface area (Å²) < 4.78 is 29.8. The molecule has 3 heterocycles. The number of nitrogens with zero attached hydrogens (tertiary/aromatic N) is 1. The maximum atomic E-state index is 14.5. The third kappa shape index (κ3) is 8.88. The van der Waals surface area contributed by atoms with Crippen molar-refractivity contribution in [2.75, 3.05) is 12.4 Å². The van der Waals surface area contributed by atoms with Crippen LogP contribution in [0, 0.1) is 37.5 Å². The lowest BCUT2D eigenvalue weighted by atomic mass is 9.78. The van der Waals surface area contributed by atoms with Gasteiger partial charge < -0.3 is 49.1 Å². The number of aliphatic hydroxyl groups excluding tert-OH is 2. The van der Waals surface area contributed by atoms with Gasteiger partial charge >= 0.3 is 5.97 Å². The Kier molecular flexibility index (Phi) is 13.8. The summed E-state index contributed by atoms with van der Waals surface area (Å²) in [6.45, 7) is 15.6. The number of Topliss-reactive ketones (excluding diaryl/α,β-unsaturated/α-hetero) is 1. The number of rotatable bonds is 3. The van der Waals surface area contributed by atoms with Gasteiger partial charge in [-0.05, 0) is 51.5 Å². The number of ketones is 1. The van der Waals surface area contributed by atoms with Crippen LogP contribution in [0.3, 0.4) is 0 Å². The predicted octanol–water partition coefficient (Wildman–Crippen LogP) is 6.60. The molecule has 0 unspecified atom stereocenters. The number of ether oxygens (including phenoxy) is 4. The molecule has 15 heteroatoms. The number of phenolic OH excluding ortho intramolecular Hbond substituents is 2. The minimum Gasteiger partial charge on any atom is -0.507 e. The van der Waals surface area contributed by atoms with E-state index in [4.69, 9.17) is 23.4 Å². The number of fused-ring (bicyclic) bond motifs is 17. The van der Waals surface area contributed by atoms with Gasteiger partial charge in [0.25, 0.3) is 5.91 Å². The van der Waals surface area contributed by atoms with Crippen LogP contribution in [0.15, 0.2) is 57.5 Å². The van der Waals surface area contributed by atoms with Crippen molar-refractivity contribution < 1.29 is 58.2 Å². The standard InChI is InChI=1S/C45H54N2O13/c1-19-17-29(50)35-31(18-19)60-44-36(46-35)33-32(26(8)48)43-25(7)40(53)34(33)41(54)37(44)47-45(55)21(3)14-12-13-20(2)38(51)23(5)39(52)24(6)42(58-27(9)49)22(4)30(56-11)15-16-57-28(10)59-43/h12-18,20,22-24,28,30,38-39,42,50-53H,1-11H3,(H,47,55)/b13-12+,16-15+,21-14-/t20-,22+,23+,24+,28+,30-,38-,39+,42+/m0/s1. The highest BCUT2D eigenvalue weighted by Gasteiger charge is 2.39. The number of benzene rings is 3. The van der Waals surface area contributed by atoms with E-state index in [0.717, 1.165) is 0 Å². The topological polar surface area (TPSA) is 224 Å². The van der Waals surface area contributed by atoms with Crippen molar-refractivity contribution in [1.29, 1.82) is 0 Å². The molecule has 322 valence electrons. The molecule has 9 atom stereocenters. The molecule has 0 aromatic heterocycles. The van der Waals surface area contributed by atoms with Crippen molar-refractivity contribution in [2.45, 2.75) is 99.9 Å². The highest BCUT2D eigenvalue weighted by molar-refractivity contribution is 6.19. The average Bonchev–Trinajstić information content (AvgIpc) is 3.19. The molecule has 0 saturated carbocycles. The van der Waals surface area contributed by atoms with E-state index in [1.807, 2.05) is 0 Å². The molecule has 3 aliphatic heterocycles. The van der Waals surface area contributed by atoms with E-state index in [0.29, 0.717) is 5.56 Å². The van der Waals surface area contributed by atoms with Crippen LogP contribution in [0.2, 0.25) is 0 Å². The van der Waals surface area contributed by atoms with E-state index >= 15 is 0 Å². The highest BCUT2D eigenvalue weighted by Crippen LogP contribution is 2.46. The maximum Gasteiger partial charge on any atom is 0.302 e. The van der Waals surface area contributed by atoms with Crippen molar-refractivity contribution in [2.24, 2.45) is 23.7 Å². The minimum atomic E-state index is -1.13. The van der Waals surface area contributed by atoms with E-state index in [1.54, 1.807) is 58.9 Å². The van der Waals surface area contributed by atoms with Crippen LogP contribution in [-0.2, 0) is 23.8 Å². The van der Waals surface area contributed by atoms with Gasteiger partial charge in [-0.15, -0.1) is 0 Å². The molecule has 4 aliphatic rings. The van der Waals surface area contributed by atoms with Crippen molar-refractivity contribution >= 4 is 45.2 Å². The van der Waals surface area contributed by atoms with Crippen LogP contribution in [0.25, 0.3) is 33.3 Å². The molecule has 1 aliphatic carbocycles. The number of aromatic hydroxyl groups is 2. The number of phenols is 2. The van der Waals surface area contributed by atoms with Gasteiger partial charge in [0.15, 0.2) is 17.1 Å². The van der Waals surface area contributed by atoms with Crippen LogP contribution < -0.4 is 15.5 Å². The van der Waals surface area contributed by atoms with Crippen molar-refractivity contribution in [3.63, 3.8) is 0 Å². The van der Waals surface area contributed by atoms with E-state index in [2.05, 4.69) is 10.3 Å². The number of aromatic nitrogens is 1. The molecule has 6 rings (SSSR count). The zero-order valence-corrected chi connectivity index (χ0v) is 35.6. The summed E-state index contributed by atoms with van der Waals surface area (Å²) in [7, 11) is 1.46. The number of hydrogen-bond donors (Lipinski definition) is 5. The Labute approximate surface area is 347 Å². The first-order valence-corrected chi connectivity index (χ1v) is 19.7. The van der Waals surface area contributed by atoms with Gasteiger partial charge in [-0.1, -0.05) is 45.9 Å². The van der Waals surface area contributed by atoms with Crippen LogP contribution in [0.5, 0.6) is 17.2 Å². The molecule has 1 amide bonds. The van der Waals surface area contributed by atoms with Gasteiger partial charge in [0.2, 0.25) is 11.7 Å². The van der Waals surface area contributed by atoms with E-state index in [-0.39, 0.29) is 67.2 Å². The summed E-state index contributed by atoms with van der Waals surface area (Å²) >= 11 is 0. The van der Waals surface area contributed by atoms with Gasteiger partial charge in [0.1, 0.15) is 40.3 Å². The van der Waals surface area contributed by atoms with Gasteiger partial charge in [-0.2, -0.15) is 0 Å². The Morgan fingerprint density at radius 2 is 1.58 bits per heavy atom. The Balaban J connectivity index is 1.78. The summed E-state index contributed by atoms with van der Waals surface area (Å²) in [6.07, 6.45) is 2.65. The van der Waals surface area contributed by atoms with Crippen LogP contribution in [-0.4, -0.2) is 80.9 Å². The fourth-order valence-electron chi connectivity index (χ4n) is 7.80.